The third-order valence-corrected chi connectivity index (χ3v) is 4.25. The molecule has 1 aliphatic rings. The van der Waals surface area contributed by atoms with Crippen molar-refractivity contribution in [3.63, 3.8) is 0 Å². The van der Waals surface area contributed by atoms with Crippen LogP contribution < -0.4 is 11.2 Å². The Hall–Kier alpha value is -2.43. The molecular weight excluding hydrogens is 280 g/mol. The van der Waals surface area contributed by atoms with Crippen molar-refractivity contribution in [3.8, 4) is 0 Å². The van der Waals surface area contributed by atoms with Crippen LogP contribution in [0, 0.1) is 0 Å². The van der Waals surface area contributed by atoms with Gasteiger partial charge in [-0.25, -0.2) is 4.79 Å². The molecule has 114 valence electrons. The molecule has 2 aromatic rings. The second-order valence-corrected chi connectivity index (χ2v) is 5.83. The summed E-state index contributed by atoms with van der Waals surface area (Å²) in [6.07, 6.45) is 4.74. The fourth-order valence-corrected chi connectivity index (χ4v) is 3.00. The summed E-state index contributed by atoms with van der Waals surface area (Å²) in [5.74, 6) is -0.330. The zero-order valence-corrected chi connectivity index (χ0v) is 12.8. The molecule has 5 heteroatoms. The van der Waals surface area contributed by atoms with Gasteiger partial charge in [-0.3, -0.25) is 18.7 Å². The minimum atomic E-state index is -0.539. The minimum Gasteiger partial charge on any atom is -0.295 e. The van der Waals surface area contributed by atoms with Gasteiger partial charge in [-0.05, 0) is 42.9 Å². The van der Waals surface area contributed by atoms with Gasteiger partial charge in [-0.1, -0.05) is 18.2 Å². The summed E-state index contributed by atoms with van der Waals surface area (Å²) in [5, 5.41) is 0. The Morgan fingerprint density at radius 1 is 1.18 bits per heavy atom. The first kappa shape index (κ1) is 14.5. The van der Waals surface area contributed by atoms with E-state index in [1.165, 1.54) is 42.3 Å². The predicted octanol–water partition coefficient (Wildman–Crippen LogP) is 1.29. The third kappa shape index (κ3) is 2.43. The Labute approximate surface area is 127 Å². The number of carbonyl (C=O) groups excluding carboxylic acids is 1. The van der Waals surface area contributed by atoms with Crippen LogP contribution in [0.3, 0.4) is 0 Å². The average molecular weight is 298 g/mol. The van der Waals surface area contributed by atoms with Gasteiger partial charge >= 0.3 is 5.69 Å². The van der Waals surface area contributed by atoms with Crippen molar-refractivity contribution >= 4 is 5.78 Å². The highest BCUT2D eigenvalue weighted by Gasteiger charge is 2.14. The normalized spacial score (nSPS) is 13.2. The molecule has 1 aromatic heterocycles. The summed E-state index contributed by atoms with van der Waals surface area (Å²) in [5.41, 5.74) is 2.82. The van der Waals surface area contributed by atoms with Gasteiger partial charge < -0.3 is 0 Å². The first-order valence-electron chi connectivity index (χ1n) is 7.39. The van der Waals surface area contributed by atoms with Gasteiger partial charge in [-0.15, -0.1) is 0 Å². The molecule has 0 unspecified atom stereocenters. The van der Waals surface area contributed by atoms with E-state index in [2.05, 4.69) is 12.1 Å². The first-order chi connectivity index (χ1) is 10.5. The van der Waals surface area contributed by atoms with E-state index in [1.54, 1.807) is 0 Å². The molecule has 3 rings (SSSR count). The van der Waals surface area contributed by atoms with Crippen molar-refractivity contribution in [2.75, 3.05) is 0 Å². The zero-order chi connectivity index (χ0) is 15.9. The molecular formula is C17H18N2O3. The number of hydrogen-bond donors (Lipinski definition) is 0. The van der Waals surface area contributed by atoms with Crippen molar-refractivity contribution in [2.45, 2.75) is 32.7 Å². The minimum absolute atomic E-state index is 0.0447. The molecule has 0 atom stereocenters. The van der Waals surface area contributed by atoms with Crippen LogP contribution in [0.25, 0.3) is 0 Å². The van der Waals surface area contributed by atoms with E-state index in [9.17, 15) is 14.4 Å². The lowest BCUT2D eigenvalue weighted by atomic mass is 10.1. The number of Topliss-reactive ketones (excluding diaryl/α,β-unsaturated/α-hetero) is 1. The molecule has 0 spiro atoms. The molecule has 0 saturated heterocycles. The Bertz CT molecular complexity index is 874. The fourth-order valence-electron chi connectivity index (χ4n) is 3.00. The maximum atomic E-state index is 12.2. The monoisotopic (exact) mass is 298 g/mol. The molecule has 1 heterocycles. The van der Waals surface area contributed by atoms with Crippen molar-refractivity contribution in [2.24, 2.45) is 7.05 Å². The van der Waals surface area contributed by atoms with Crippen LogP contribution in [0.15, 0.2) is 34.0 Å². The van der Waals surface area contributed by atoms with Gasteiger partial charge in [0.25, 0.3) is 5.56 Å². The lowest BCUT2D eigenvalue weighted by Gasteiger charge is -2.10. The Morgan fingerprint density at radius 2 is 1.91 bits per heavy atom. The molecule has 22 heavy (non-hydrogen) atoms. The number of aromatic nitrogens is 2. The highest BCUT2D eigenvalue weighted by atomic mass is 16.2. The summed E-state index contributed by atoms with van der Waals surface area (Å²) in [7, 11) is 1.40. The number of hydrogen-bond acceptors (Lipinski definition) is 3. The summed E-state index contributed by atoms with van der Waals surface area (Å²) in [6.45, 7) is 1.70. The van der Waals surface area contributed by atoms with Crippen molar-refractivity contribution in [3.05, 3.63) is 67.5 Å². The van der Waals surface area contributed by atoms with Crippen LogP contribution in [-0.4, -0.2) is 14.9 Å². The standard InChI is InChI=1S/C17H18N2O3/c1-11(20)15-10-19(17(22)18(2)16(15)21)9-12-6-7-13-4-3-5-14(13)8-12/h6-8,10H,3-5,9H2,1-2H3. The van der Waals surface area contributed by atoms with Crippen molar-refractivity contribution < 1.29 is 4.79 Å². The van der Waals surface area contributed by atoms with Gasteiger partial charge in [0.15, 0.2) is 5.78 Å². The fraction of sp³-hybridized carbons (Fsp3) is 0.353. The van der Waals surface area contributed by atoms with Crippen LogP contribution >= 0.6 is 0 Å². The molecule has 5 nitrogen and oxygen atoms in total. The maximum Gasteiger partial charge on any atom is 0.331 e. The summed E-state index contributed by atoms with van der Waals surface area (Å²) < 4.78 is 2.42. The molecule has 1 aliphatic carbocycles. The molecule has 0 radical (unpaired) electrons. The average Bonchev–Trinajstić information content (AvgIpc) is 2.95. The molecule has 0 aliphatic heterocycles. The molecule has 0 fully saturated rings. The Balaban J connectivity index is 2.04. The maximum absolute atomic E-state index is 12.2. The molecule has 0 saturated carbocycles. The summed E-state index contributed by atoms with van der Waals surface area (Å²) in [6, 6.07) is 6.24. The van der Waals surface area contributed by atoms with E-state index in [0.29, 0.717) is 6.54 Å². The van der Waals surface area contributed by atoms with Crippen LogP contribution in [0.2, 0.25) is 0 Å². The number of benzene rings is 1. The van der Waals surface area contributed by atoms with Gasteiger partial charge in [-0.2, -0.15) is 0 Å². The van der Waals surface area contributed by atoms with Gasteiger partial charge in [0.05, 0.1) is 12.1 Å². The van der Waals surface area contributed by atoms with E-state index in [4.69, 9.17) is 0 Å². The Kier molecular flexibility index (Phi) is 3.56. The second-order valence-electron chi connectivity index (χ2n) is 5.83. The molecule has 0 amide bonds. The highest BCUT2D eigenvalue weighted by molar-refractivity contribution is 5.93. The second kappa shape index (κ2) is 5.40. The first-order valence-corrected chi connectivity index (χ1v) is 7.39. The third-order valence-electron chi connectivity index (χ3n) is 4.25. The van der Waals surface area contributed by atoms with Crippen LogP contribution in [-0.2, 0) is 26.4 Å². The number of nitrogens with zero attached hydrogens (tertiary/aromatic N) is 2. The highest BCUT2D eigenvalue weighted by Crippen LogP contribution is 2.22. The number of aryl methyl sites for hydroxylation is 2. The molecule has 1 aromatic carbocycles. The quantitative estimate of drug-likeness (QED) is 0.802. The van der Waals surface area contributed by atoms with Crippen molar-refractivity contribution in [1.29, 1.82) is 0 Å². The van der Waals surface area contributed by atoms with Crippen LogP contribution in [0.5, 0.6) is 0 Å². The summed E-state index contributed by atoms with van der Waals surface area (Å²) in [4.78, 5) is 35.7. The van der Waals surface area contributed by atoms with E-state index in [-0.39, 0.29) is 11.3 Å². The lowest BCUT2D eigenvalue weighted by Crippen LogP contribution is -2.40. The van der Waals surface area contributed by atoms with E-state index in [0.717, 1.165) is 23.0 Å². The van der Waals surface area contributed by atoms with Gasteiger partial charge in [0.2, 0.25) is 0 Å². The SMILES string of the molecule is CC(=O)c1cn(Cc2ccc3c(c2)CCC3)c(=O)n(C)c1=O. The lowest BCUT2D eigenvalue weighted by molar-refractivity contribution is 0.101. The van der Waals surface area contributed by atoms with Crippen LogP contribution in [0.1, 0.15) is 40.4 Å². The smallest absolute Gasteiger partial charge is 0.295 e. The van der Waals surface area contributed by atoms with E-state index < -0.39 is 11.2 Å². The summed E-state index contributed by atoms with van der Waals surface area (Å²) >= 11 is 0. The largest absolute Gasteiger partial charge is 0.331 e. The van der Waals surface area contributed by atoms with Gasteiger partial charge in [0.1, 0.15) is 0 Å². The molecule has 0 bridgehead atoms. The number of carbonyl (C=O) groups is 1. The van der Waals surface area contributed by atoms with Crippen LogP contribution in [0.4, 0.5) is 0 Å². The van der Waals surface area contributed by atoms with E-state index in [1.807, 2.05) is 6.07 Å². The topological polar surface area (TPSA) is 61.1 Å². The Morgan fingerprint density at radius 3 is 2.64 bits per heavy atom. The number of fused-ring (bicyclic) bond motifs is 1. The van der Waals surface area contributed by atoms with E-state index >= 15 is 0 Å². The predicted molar refractivity (Wildman–Crippen MR) is 83.5 cm³/mol. The zero-order valence-electron chi connectivity index (χ0n) is 12.8. The van der Waals surface area contributed by atoms with Gasteiger partial charge in [0, 0.05) is 13.2 Å². The van der Waals surface area contributed by atoms with Crippen molar-refractivity contribution in [1.82, 2.24) is 9.13 Å². The number of rotatable bonds is 3. The molecule has 0 N–H and O–H groups in total. The number of ketones is 1.